The van der Waals surface area contributed by atoms with Gasteiger partial charge in [-0.2, -0.15) is 0 Å². The first-order valence-electron chi connectivity index (χ1n) is 1.48. The van der Waals surface area contributed by atoms with Gasteiger partial charge in [-0.25, -0.2) is 0 Å². The van der Waals surface area contributed by atoms with Gasteiger partial charge in [-0.05, 0) is 47.8 Å². The molecule has 0 aliphatic carbocycles. The van der Waals surface area contributed by atoms with Crippen molar-refractivity contribution in [3.05, 3.63) is 7.87 Å². The van der Waals surface area contributed by atoms with Gasteiger partial charge < -0.3 is 9.90 Å². The maximum absolute atomic E-state index is 9.86. The largest absolute Gasteiger partial charge is 1.00 e. The Kier molecular flexibility index (Phi) is 9.22. The monoisotopic (exact) mass is 510 g/mol. The van der Waals surface area contributed by atoms with E-state index in [9.17, 15) is 9.90 Å². The van der Waals surface area contributed by atoms with Crippen LogP contribution in [0.25, 0.3) is 0 Å². The molecule has 0 bridgehead atoms. The Morgan fingerprint density at radius 3 is 1.56 bits per heavy atom. The topological polar surface area (TPSA) is 40.1 Å². The van der Waals surface area contributed by atoms with E-state index in [0.29, 0.717) is 3.39 Å². The van der Waals surface area contributed by atoms with Crippen molar-refractivity contribution in [1.82, 2.24) is 0 Å². The van der Waals surface area contributed by atoms with Crippen molar-refractivity contribution in [2.45, 2.75) is 0 Å². The summed E-state index contributed by atoms with van der Waals surface area (Å²) in [5, 5.41) is 9.86. The van der Waals surface area contributed by atoms with Gasteiger partial charge in [0.2, 0.25) is 0 Å². The normalized spacial score (nSPS) is 7.44. The summed E-state index contributed by atoms with van der Waals surface area (Å²) in [4.78, 5) is 9.86. The van der Waals surface area contributed by atoms with E-state index in [-0.39, 0.29) is 31.8 Å². The third kappa shape index (κ3) is 5.99. The summed E-state index contributed by atoms with van der Waals surface area (Å²) in [7, 11) is 0. The van der Waals surface area contributed by atoms with Crippen LogP contribution in [0, 0.1) is 0 Å². The zero-order valence-electron chi connectivity index (χ0n) is 4.03. The fraction of sp³-hybridized carbons (Fsp3) is 0. The number of rotatable bonds is 1. The van der Waals surface area contributed by atoms with E-state index in [1.807, 2.05) is 0 Å². The van der Waals surface area contributed by atoms with E-state index in [2.05, 4.69) is 47.8 Å². The van der Waals surface area contributed by atoms with E-state index in [1.165, 1.54) is 0 Å². The standard InChI is InChI=1S/C3HBr3O2.Tl/c4-1(2(5)6)3(7)8;/h(H,7,8);/q;+1/p-1. The Morgan fingerprint density at radius 1 is 1.22 bits per heavy atom. The van der Waals surface area contributed by atoms with Gasteiger partial charge in [0.15, 0.2) is 0 Å². The third-order valence-corrected chi connectivity index (χ3v) is 2.92. The van der Waals surface area contributed by atoms with Crippen LogP contribution in [0.2, 0.25) is 0 Å². The van der Waals surface area contributed by atoms with Gasteiger partial charge in [-0.15, -0.1) is 0 Å². The van der Waals surface area contributed by atoms with Gasteiger partial charge in [0.1, 0.15) is 0 Å². The van der Waals surface area contributed by atoms with E-state index in [1.54, 1.807) is 0 Å². The molecule has 0 aliphatic heterocycles. The number of carboxylic acids is 1. The third-order valence-electron chi connectivity index (χ3n) is 0.345. The van der Waals surface area contributed by atoms with E-state index in [0.717, 1.165) is 0 Å². The summed E-state index contributed by atoms with van der Waals surface area (Å²) in [6.07, 6.45) is 0. The minimum absolute atomic E-state index is 0. The van der Waals surface area contributed by atoms with Crippen molar-refractivity contribution in [1.29, 1.82) is 0 Å². The summed E-state index contributed by atoms with van der Waals surface area (Å²) in [5.41, 5.74) is 0. The first-order chi connectivity index (χ1) is 3.55. The van der Waals surface area contributed by atoms with Crippen LogP contribution in [-0.4, -0.2) is 33.3 Å². The average Bonchev–Trinajstić information content (AvgIpc) is 1.64. The first-order valence-corrected chi connectivity index (χ1v) is 3.85. The molecule has 0 radical (unpaired) electrons. The molecule has 0 amide bonds. The molecule has 0 heterocycles. The van der Waals surface area contributed by atoms with Gasteiger partial charge >= 0.3 is 27.3 Å². The molecule has 0 atom stereocenters. The van der Waals surface area contributed by atoms with E-state index < -0.39 is 5.97 Å². The smallest absolute Gasteiger partial charge is 0.544 e. The maximum atomic E-state index is 9.86. The summed E-state index contributed by atoms with van der Waals surface area (Å²) < 4.78 is 0.308. The van der Waals surface area contributed by atoms with Crippen LogP contribution in [0.1, 0.15) is 0 Å². The van der Waals surface area contributed by atoms with Gasteiger partial charge in [-0.3, -0.25) is 0 Å². The molecule has 0 spiro atoms. The van der Waals surface area contributed by atoms with E-state index >= 15 is 0 Å². The zero-order valence-corrected chi connectivity index (χ0v) is 13.3. The molecule has 0 aromatic heterocycles. The molecule has 0 rings (SSSR count). The molecule has 48 valence electrons. The summed E-state index contributed by atoms with van der Waals surface area (Å²) in [6, 6.07) is 0. The molecule has 6 heteroatoms. The van der Waals surface area contributed by atoms with Crippen molar-refractivity contribution in [2.24, 2.45) is 0 Å². The van der Waals surface area contributed by atoms with Crippen LogP contribution in [0.4, 0.5) is 0 Å². The fourth-order valence-corrected chi connectivity index (χ4v) is 0.401. The minimum atomic E-state index is -1.26. The Balaban J connectivity index is 0. The summed E-state index contributed by atoms with van der Waals surface area (Å²) >= 11 is 8.47. The van der Waals surface area contributed by atoms with Crippen LogP contribution in [0.3, 0.4) is 0 Å². The Morgan fingerprint density at radius 2 is 1.56 bits per heavy atom. The molecule has 0 N–H and O–H groups in total. The number of hydrogen-bond donors (Lipinski definition) is 0. The number of carbonyl (C=O) groups is 1. The van der Waals surface area contributed by atoms with Crippen LogP contribution in [0.15, 0.2) is 7.87 Å². The molecule has 0 saturated carbocycles. The second kappa shape index (κ2) is 6.29. The molecule has 2 nitrogen and oxygen atoms in total. The van der Waals surface area contributed by atoms with Crippen LogP contribution in [0.5, 0.6) is 0 Å². The van der Waals surface area contributed by atoms with Crippen molar-refractivity contribution in [2.75, 3.05) is 0 Å². The van der Waals surface area contributed by atoms with Gasteiger partial charge in [-0.1, -0.05) is 0 Å². The number of hydrogen-bond acceptors (Lipinski definition) is 2. The summed E-state index contributed by atoms with van der Waals surface area (Å²) in [6.45, 7) is 0. The molecule has 0 aromatic rings. The molecule has 0 aromatic carbocycles. The van der Waals surface area contributed by atoms with Crippen molar-refractivity contribution >= 4 is 81.1 Å². The van der Waals surface area contributed by atoms with E-state index in [4.69, 9.17) is 0 Å². The molecule has 0 unspecified atom stereocenters. The van der Waals surface area contributed by atoms with Crippen molar-refractivity contribution in [3.8, 4) is 0 Å². The predicted molar refractivity (Wildman–Crippen MR) is 44.6 cm³/mol. The number of aliphatic carboxylic acids is 1. The average molecular weight is 512 g/mol. The van der Waals surface area contributed by atoms with Crippen molar-refractivity contribution < 1.29 is 9.90 Å². The second-order valence-corrected chi connectivity index (χ2v) is 4.30. The molecule has 0 aliphatic rings. The Bertz CT molecular complexity index is 140. The van der Waals surface area contributed by atoms with Crippen LogP contribution < -0.4 is 5.11 Å². The van der Waals surface area contributed by atoms with Crippen LogP contribution >= 0.6 is 47.8 Å². The maximum Gasteiger partial charge on any atom is 1.00 e. The molecule has 0 fully saturated rings. The molecule has 0 saturated heterocycles. The number of carbonyl (C=O) groups excluding carboxylic acids is 1. The first kappa shape index (κ1) is 13.2. The van der Waals surface area contributed by atoms with Crippen LogP contribution in [-0.2, 0) is 4.79 Å². The van der Waals surface area contributed by atoms with Gasteiger partial charge in [0, 0.05) is 0 Å². The Labute approximate surface area is 97.6 Å². The Hall–Kier alpha value is 1.57. The molecular formula is C3Br3O2Tl. The quantitative estimate of drug-likeness (QED) is 0.384. The van der Waals surface area contributed by atoms with Gasteiger partial charge in [0.05, 0.1) is 13.8 Å². The van der Waals surface area contributed by atoms with Crippen molar-refractivity contribution in [3.63, 3.8) is 0 Å². The SMILES string of the molecule is O=C([O-])C(Br)=C(Br)Br.[Tl+]. The zero-order chi connectivity index (χ0) is 6.73. The molecular weight excluding hydrogens is 512 g/mol. The van der Waals surface area contributed by atoms with Gasteiger partial charge in [0.25, 0.3) is 0 Å². The number of halogens is 3. The fourth-order valence-electron chi connectivity index (χ4n) is 0.0772. The predicted octanol–water partition coefficient (Wildman–Crippen LogP) is 0.709. The summed E-state index contributed by atoms with van der Waals surface area (Å²) in [5.74, 6) is -1.26. The minimum Gasteiger partial charge on any atom is -0.544 e. The molecule has 9 heavy (non-hydrogen) atoms. The number of carboxylic acid groups (broad SMARTS) is 1. The second-order valence-electron chi connectivity index (χ2n) is 0.862.